The second kappa shape index (κ2) is 6.41. The largest absolute Gasteiger partial charge is 0.347 e. The van der Waals surface area contributed by atoms with Gasteiger partial charge in [-0.3, -0.25) is 14.5 Å². The number of hydrogen-bond acceptors (Lipinski definition) is 4. The Morgan fingerprint density at radius 3 is 3.05 bits per heavy atom. The Kier molecular flexibility index (Phi) is 4.35. The van der Waals surface area contributed by atoms with E-state index in [0.29, 0.717) is 11.4 Å². The van der Waals surface area contributed by atoms with Gasteiger partial charge in [0.25, 0.3) is 5.91 Å². The third kappa shape index (κ3) is 3.26. The van der Waals surface area contributed by atoms with Gasteiger partial charge in [-0.1, -0.05) is 6.07 Å². The minimum atomic E-state index is -0.0864. The molecule has 0 fully saturated rings. The molecule has 0 unspecified atom stereocenters. The number of halogens is 1. The first-order chi connectivity index (χ1) is 10.6. The van der Waals surface area contributed by atoms with E-state index in [-0.39, 0.29) is 5.91 Å². The molecule has 3 heterocycles. The number of amides is 1. The fraction of sp³-hybridized carbons (Fsp3) is 0.133. The van der Waals surface area contributed by atoms with Crippen molar-refractivity contribution in [2.75, 3.05) is 0 Å². The number of carbonyl (C=O) groups excluding carboxylic acids is 1. The average molecular weight is 377 g/mol. The lowest BCUT2D eigenvalue weighted by Crippen LogP contribution is -2.22. The highest BCUT2D eigenvalue weighted by molar-refractivity contribution is 9.10. The summed E-state index contributed by atoms with van der Waals surface area (Å²) in [6.07, 6.45) is 5.41. The molecule has 3 aromatic rings. The van der Waals surface area contributed by atoms with Crippen molar-refractivity contribution in [1.29, 1.82) is 0 Å². The normalized spacial score (nSPS) is 10.6. The molecule has 3 rings (SSSR count). The number of carbonyl (C=O) groups is 1. The lowest BCUT2D eigenvalue weighted by atomic mass is 10.1. The zero-order valence-corrected chi connectivity index (χ0v) is 14.2. The first-order valence-electron chi connectivity index (χ1n) is 6.58. The maximum atomic E-state index is 12.1. The molecule has 3 aromatic heterocycles. The number of pyridine rings is 1. The Labute approximate surface area is 140 Å². The molecule has 0 saturated heterocycles. The highest BCUT2D eigenvalue weighted by Crippen LogP contribution is 2.22. The first-order valence-corrected chi connectivity index (χ1v) is 8.26. The fourth-order valence-corrected chi connectivity index (χ4v) is 3.42. The quantitative estimate of drug-likeness (QED) is 0.760. The summed E-state index contributed by atoms with van der Waals surface area (Å²) in [4.78, 5) is 17.2. The molecule has 112 valence electrons. The van der Waals surface area contributed by atoms with Crippen LogP contribution in [0.15, 0.2) is 46.6 Å². The van der Waals surface area contributed by atoms with Crippen LogP contribution < -0.4 is 5.32 Å². The number of thiophene rings is 1. The van der Waals surface area contributed by atoms with Crippen molar-refractivity contribution in [2.45, 2.75) is 6.54 Å². The van der Waals surface area contributed by atoms with Gasteiger partial charge in [-0.15, -0.1) is 11.3 Å². The Hall–Kier alpha value is -1.99. The topological polar surface area (TPSA) is 59.8 Å². The summed E-state index contributed by atoms with van der Waals surface area (Å²) in [5.41, 5.74) is 2.73. The molecular formula is C15H13BrN4OS. The Balaban J connectivity index is 1.77. The molecule has 1 amide bonds. The van der Waals surface area contributed by atoms with Crippen LogP contribution in [0.5, 0.6) is 0 Å². The van der Waals surface area contributed by atoms with Crippen molar-refractivity contribution in [1.82, 2.24) is 20.1 Å². The summed E-state index contributed by atoms with van der Waals surface area (Å²) in [5, 5.41) is 8.98. The van der Waals surface area contributed by atoms with Crippen LogP contribution in [0.1, 0.15) is 15.2 Å². The molecule has 0 radical (unpaired) electrons. The summed E-state index contributed by atoms with van der Waals surface area (Å²) < 4.78 is 2.65. The summed E-state index contributed by atoms with van der Waals surface area (Å²) in [6.45, 7) is 0.423. The molecule has 0 saturated carbocycles. The third-order valence-electron chi connectivity index (χ3n) is 3.10. The fourth-order valence-electron chi connectivity index (χ4n) is 2.08. The SMILES string of the molecule is Cn1cc(-c2ncccc2CNC(=O)c2cc(Br)cs2)cn1. The molecule has 0 spiro atoms. The predicted molar refractivity (Wildman–Crippen MR) is 89.6 cm³/mol. The molecule has 0 aliphatic rings. The zero-order chi connectivity index (χ0) is 15.5. The van der Waals surface area contributed by atoms with Gasteiger partial charge in [0, 0.05) is 41.4 Å². The van der Waals surface area contributed by atoms with Crippen molar-refractivity contribution in [3.05, 3.63) is 57.1 Å². The van der Waals surface area contributed by atoms with Crippen LogP contribution in [-0.2, 0) is 13.6 Å². The van der Waals surface area contributed by atoms with Crippen LogP contribution in [-0.4, -0.2) is 20.7 Å². The highest BCUT2D eigenvalue weighted by atomic mass is 79.9. The van der Waals surface area contributed by atoms with E-state index in [9.17, 15) is 4.79 Å². The van der Waals surface area contributed by atoms with E-state index in [4.69, 9.17) is 0 Å². The summed E-state index contributed by atoms with van der Waals surface area (Å²) in [7, 11) is 1.86. The van der Waals surface area contributed by atoms with Crippen molar-refractivity contribution >= 4 is 33.2 Å². The van der Waals surface area contributed by atoms with Crippen LogP contribution in [0, 0.1) is 0 Å². The molecule has 22 heavy (non-hydrogen) atoms. The third-order valence-corrected chi connectivity index (χ3v) is 4.79. The number of hydrogen-bond donors (Lipinski definition) is 1. The highest BCUT2D eigenvalue weighted by Gasteiger charge is 2.11. The zero-order valence-electron chi connectivity index (χ0n) is 11.8. The standard InChI is InChI=1S/C15H13BrN4OS/c1-20-8-11(7-19-20)14-10(3-2-4-17-14)6-18-15(21)13-5-12(16)9-22-13/h2-5,7-9H,6H2,1H3,(H,18,21). The number of rotatable bonds is 4. The van der Waals surface area contributed by atoms with Gasteiger partial charge < -0.3 is 5.32 Å². The maximum Gasteiger partial charge on any atom is 0.261 e. The van der Waals surface area contributed by atoms with Gasteiger partial charge >= 0.3 is 0 Å². The van der Waals surface area contributed by atoms with Crippen molar-refractivity contribution in [3.8, 4) is 11.3 Å². The average Bonchev–Trinajstić information content (AvgIpc) is 3.14. The van der Waals surface area contributed by atoms with Crippen LogP contribution >= 0.6 is 27.3 Å². The van der Waals surface area contributed by atoms with E-state index in [1.165, 1.54) is 11.3 Å². The van der Waals surface area contributed by atoms with E-state index >= 15 is 0 Å². The van der Waals surface area contributed by atoms with Gasteiger partial charge in [0.15, 0.2) is 0 Å². The van der Waals surface area contributed by atoms with Gasteiger partial charge in [0.1, 0.15) is 0 Å². The minimum Gasteiger partial charge on any atom is -0.347 e. The van der Waals surface area contributed by atoms with Gasteiger partial charge in [0.05, 0.1) is 16.8 Å². The maximum absolute atomic E-state index is 12.1. The van der Waals surface area contributed by atoms with Crippen molar-refractivity contribution < 1.29 is 4.79 Å². The summed E-state index contributed by atoms with van der Waals surface area (Å²) >= 11 is 4.76. The van der Waals surface area contributed by atoms with E-state index in [1.807, 2.05) is 36.8 Å². The predicted octanol–water partition coefficient (Wildman–Crippen LogP) is 3.24. The van der Waals surface area contributed by atoms with Crippen LogP contribution in [0.2, 0.25) is 0 Å². The van der Waals surface area contributed by atoms with Crippen LogP contribution in [0.3, 0.4) is 0 Å². The number of aromatic nitrogens is 3. The molecule has 0 bridgehead atoms. The smallest absolute Gasteiger partial charge is 0.261 e. The Morgan fingerprint density at radius 1 is 1.50 bits per heavy atom. The summed E-state index contributed by atoms with van der Waals surface area (Å²) in [6, 6.07) is 5.63. The monoisotopic (exact) mass is 376 g/mol. The second-order valence-electron chi connectivity index (χ2n) is 4.73. The summed E-state index contributed by atoms with van der Waals surface area (Å²) in [5.74, 6) is -0.0864. The van der Waals surface area contributed by atoms with Crippen molar-refractivity contribution in [3.63, 3.8) is 0 Å². The van der Waals surface area contributed by atoms with Crippen molar-refractivity contribution in [2.24, 2.45) is 7.05 Å². The van der Waals surface area contributed by atoms with Gasteiger partial charge in [-0.2, -0.15) is 5.10 Å². The van der Waals surface area contributed by atoms with Gasteiger partial charge in [-0.25, -0.2) is 0 Å². The number of aryl methyl sites for hydroxylation is 1. The van der Waals surface area contributed by atoms with Crippen LogP contribution in [0.25, 0.3) is 11.3 Å². The van der Waals surface area contributed by atoms with E-state index < -0.39 is 0 Å². The number of nitrogens with zero attached hydrogens (tertiary/aromatic N) is 3. The van der Waals surface area contributed by atoms with Gasteiger partial charge in [-0.05, 0) is 33.6 Å². The van der Waals surface area contributed by atoms with E-state index in [0.717, 1.165) is 21.3 Å². The molecule has 0 aliphatic carbocycles. The molecule has 0 aliphatic heterocycles. The minimum absolute atomic E-state index is 0.0864. The second-order valence-corrected chi connectivity index (χ2v) is 6.55. The molecular weight excluding hydrogens is 364 g/mol. The van der Waals surface area contributed by atoms with E-state index in [1.54, 1.807) is 17.1 Å². The Morgan fingerprint density at radius 2 is 2.36 bits per heavy atom. The molecule has 0 atom stereocenters. The molecule has 5 nitrogen and oxygen atoms in total. The lowest BCUT2D eigenvalue weighted by Gasteiger charge is -2.08. The Bertz CT molecular complexity index is 811. The first kappa shape index (κ1) is 14.9. The molecule has 0 aromatic carbocycles. The van der Waals surface area contributed by atoms with E-state index in [2.05, 4.69) is 31.3 Å². The number of nitrogens with one attached hydrogen (secondary N) is 1. The molecule has 7 heteroatoms. The molecule has 1 N–H and O–H groups in total. The van der Waals surface area contributed by atoms with Crippen LogP contribution in [0.4, 0.5) is 0 Å². The van der Waals surface area contributed by atoms with Gasteiger partial charge in [0.2, 0.25) is 0 Å². The lowest BCUT2D eigenvalue weighted by molar-refractivity contribution is 0.0955.